The molecule has 0 atom stereocenters. The molecule has 30 heavy (non-hydrogen) atoms. The van der Waals surface area contributed by atoms with Gasteiger partial charge in [-0.25, -0.2) is 0 Å². The Labute approximate surface area is 179 Å². The molecule has 0 aliphatic heterocycles. The summed E-state index contributed by atoms with van der Waals surface area (Å²) in [6, 6.07) is 20.3. The quantitative estimate of drug-likeness (QED) is 0.339. The molecule has 1 heterocycles. The predicted octanol–water partition coefficient (Wildman–Crippen LogP) is 6.94. The van der Waals surface area contributed by atoms with Gasteiger partial charge in [-0.05, 0) is 53.4 Å². The van der Waals surface area contributed by atoms with Crippen LogP contribution in [0.3, 0.4) is 0 Å². The Balaban J connectivity index is 1.52. The lowest BCUT2D eigenvalue weighted by atomic mass is 10.0. The largest absolute Gasteiger partial charge is 0.489 e. The predicted molar refractivity (Wildman–Crippen MR) is 119 cm³/mol. The van der Waals surface area contributed by atoms with Gasteiger partial charge in [-0.15, -0.1) is 0 Å². The van der Waals surface area contributed by atoms with Crippen LogP contribution in [0.4, 0.5) is 0 Å². The van der Waals surface area contributed by atoms with Crippen molar-refractivity contribution in [2.24, 2.45) is 0 Å². The standard InChI is InChI=1S/C25H21ClO4/c1-16(2)18-6-8-20(9-7-18)30-24-15-29-23-13-21(10-11-22(23)25(24)27)28-14-17-4-3-5-19(26)12-17/h3-13,15-16H,14H2,1-2H3. The van der Waals surface area contributed by atoms with Gasteiger partial charge < -0.3 is 13.9 Å². The summed E-state index contributed by atoms with van der Waals surface area (Å²) in [6.45, 7) is 4.62. The zero-order chi connectivity index (χ0) is 21.1. The number of fused-ring (bicyclic) bond motifs is 1. The van der Waals surface area contributed by atoms with Gasteiger partial charge in [0.05, 0.1) is 5.39 Å². The first-order valence-corrected chi connectivity index (χ1v) is 10.1. The number of hydrogen-bond acceptors (Lipinski definition) is 4. The van der Waals surface area contributed by atoms with Crippen LogP contribution in [0.1, 0.15) is 30.9 Å². The molecule has 0 amide bonds. The highest BCUT2D eigenvalue weighted by molar-refractivity contribution is 6.30. The number of benzene rings is 3. The first-order valence-electron chi connectivity index (χ1n) is 9.70. The highest BCUT2D eigenvalue weighted by Gasteiger charge is 2.11. The molecule has 0 bridgehead atoms. The van der Waals surface area contributed by atoms with E-state index in [-0.39, 0.29) is 11.2 Å². The van der Waals surface area contributed by atoms with Crippen LogP contribution < -0.4 is 14.9 Å². The average Bonchev–Trinajstić information content (AvgIpc) is 2.75. The van der Waals surface area contributed by atoms with Gasteiger partial charge in [0.15, 0.2) is 0 Å². The van der Waals surface area contributed by atoms with E-state index in [1.807, 2.05) is 48.5 Å². The lowest BCUT2D eigenvalue weighted by molar-refractivity contribution is 0.306. The molecule has 0 N–H and O–H groups in total. The SMILES string of the molecule is CC(C)c1ccc(Oc2coc3cc(OCc4cccc(Cl)c4)ccc3c2=O)cc1. The Morgan fingerprint density at radius 2 is 1.73 bits per heavy atom. The minimum absolute atomic E-state index is 0.146. The second-order valence-corrected chi connectivity index (χ2v) is 7.77. The molecule has 152 valence electrons. The summed E-state index contributed by atoms with van der Waals surface area (Å²) in [7, 11) is 0. The zero-order valence-electron chi connectivity index (χ0n) is 16.7. The maximum atomic E-state index is 12.8. The van der Waals surface area contributed by atoms with Gasteiger partial charge in [-0.3, -0.25) is 4.79 Å². The minimum Gasteiger partial charge on any atom is -0.489 e. The van der Waals surface area contributed by atoms with Gasteiger partial charge in [0.2, 0.25) is 11.2 Å². The Morgan fingerprint density at radius 3 is 2.47 bits per heavy atom. The van der Waals surface area contributed by atoms with E-state index in [0.717, 1.165) is 5.56 Å². The van der Waals surface area contributed by atoms with Gasteiger partial charge >= 0.3 is 0 Å². The van der Waals surface area contributed by atoms with Crippen LogP contribution in [0.15, 0.2) is 82.2 Å². The summed E-state index contributed by atoms with van der Waals surface area (Å²) in [6.07, 6.45) is 1.34. The van der Waals surface area contributed by atoms with Crippen molar-refractivity contribution in [1.29, 1.82) is 0 Å². The highest BCUT2D eigenvalue weighted by Crippen LogP contribution is 2.26. The van der Waals surface area contributed by atoms with E-state index in [1.165, 1.54) is 11.8 Å². The first kappa shape index (κ1) is 20.0. The summed E-state index contributed by atoms with van der Waals surface area (Å²) in [5.41, 5.74) is 2.37. The number of halogens is 1. The van der Waals surface area contributed by atoms with Crippen molar-refractivity contribution in [2.45, 2.75) is 26.4 Å². The van der Waals surface area contributed by atoms with Gasteiger partial charge in [-0.2, -0.15) is 0 Å². The van der Waals surface area contributed by atoms with Crippen molar-refractivity contribution in [2.75, 3.05) is 0 Å². The molecule has 0 unspecified atom stereocenters. The molecule has 4 nitrogen and oxygen atoms in total. The summed E-state index contributed by atoms with van der Waals surface area (Å²) in [5.74, 6) is 1.77. The molecule has 4 aromatic rings. The summed E-state index contributed by atoms with van der Waals surface area (Å²) in [4.78, 5) is 12.8. The van der Waals surface area contributed by atoms with Crippen LogP contribution in [0, 0.1) is 0 Å². The summed E-state index contributed by atoms with van der Waals surface area (Å²) < 4.78 is 17.2. The van der Waals surface area contributed by atoms with E-state index >= 15 is 0 Å². The molecule has 4 rings (SSSR count). The second-order valence-electron chi connectivity index (χ2n) is 7.33. The van der Waals surface area contributed by atoms with Crippen LogP contribution in [-0.4, -0.2) is 0 Å². The maximum absolute atomic E-state index is 12.8. The second kappa shape index (κ2) is 8.64. The molecule has 3 aromatic carbocycles. The fourth-order valence-corrected chi connectivity index (χ4v) is 3.31. The lowest BCUT2D eigenvalue weighted by Gasteiger charge is -2.09. The molecular weight excluding hydrogens is 400 g/mol. The monoisotopic (exact) mass is 420 g/mol. The zero-order valence-corrected chi connectivity index (χ0v) is 17.5. The number of ether oxygens (including phenoxy) is 2. The fraction of sp³-hybridized carbons (Fsp3) is 0.160. The van der Waals surface area contributed by atoms with Crippen LogP contribution >= 0.6 is 11.6 Å². The van der Waals surface area contributed by atoms with Gasteiger partial charge in [0.25, 0.3) is 0 Å². The van der Waals surface area contributed by atoms with E-state index in [1.54, 1.807) is 18.2 Å². The molecule has 0 saturated carbocycles. The fourth-order valence-electron chi connectivity index (χ4n) is 3.09. The Bertz CT molecular complexity index is 1230. The van der Waals surface area contributed by atoms with E-state index in [4.69, 9.17) is 25.5 Å². The number of hydrogen-bond donors (Lipinski definition) is 0. The molecular formula is C25H21ClO4. The smallest absolute Gasteiger partial charge is 0.235 e. The highest BCUT2D eigenvalue weighted by atomic mass is 35.5. The molecule has 1 aromatic heterocycles. The third kappa shape index (κ3) is 4.50. The van der Waals surface area contributed by atoms with Gasteiger partial charge in [-0.1, -0.05) is 49.7 Å². The van der Waals surface area contributed by atoms with Crippen molar-refractivity contribution in [1.82, 2.24) is 0 Å². The Hall–Kier alpha value is -3.24. The Kier molecular flexibility index (Phi) is 5.77. The van der Waals surface area contributed by atoms with Crippen LogP contribution in [0.5, 0.6) is 17.2 Å². The van der Waals surface area contributed by atoms with Gasteiger partial charge in [0.1, 0.15) is 30.0 Å². The van der Waals surface area contributed by atoms with Crippen molar-refractivity contribution in [3.63, 3.8) is 0 Å². The minimum atomic E-state index is -0.231. The Morgan fingerprint density at radius 1 is 0.967 bits per heavy atom. The van der Waals surface area contributed by atoms with E-state index in [0.29, 0.717) is 40.0 Å². The van der Waals surface area contributed by atoms with E-state index in [9.17, 15) is 4.79 Å². The van der Waals surface area contributed by atoms with Crippen molar-refractivity contribution >= 4 is 22.6 Å². The van der Waals surface area contributed by atoms with Gasteiger partial charge in [0, 0.05) is 11.1 Å². The topological polar surface area (TPSA) is 48.7 Å². The molecule has 0 aliphatic rings. The molecule has 5 heteroatoms. The summed E-state index contributed by atoms with van der Waals surface area (Å²) in [5, 5.41) is 1.09. The first-order chi connectivity index (χ1) is 14.5. The third-order valence-corrected chi connectivity index (χ3v) is 5.02. The molecule has 0 saturated heterocycles. The van der Waals surface area contributed by atoms with E-state index in [2.05, 4.69) is 13.8 Å². The number of rotatable bonds is 6. The van der Waals surface area contributed by atoms with Crippen LogP contribution in [0.2, 0.25) is 5.02 Å². The normalized spacial score (nSPS) is 11.1. The average molecular weight is 421 g/mol. The van der Waals surface area contributed by atoms with Crippen molar-refractivity contribution in [3.8, 4) is 17.2 Å². The molecule has 0 fully saturated rings. The van der Waals surface area contributed by atoms with Crippen molar-refractivity contribution < 1.29 is 13.9 Å². The maximum Gasteiger partial charge on any atom is 0.235 e. The molecule has 0 aliphatic carbocycles. The summed E-state index contributed by atoms with van der Waals surface area (Å²) >= 11 is 6.00. The lowest BCUT2D eigenvalue weighted by Crippen LogP contribution is -2.05. The van der Waals surface area contributed by atoms with Crippen molar-refractivity contribution in [3.05, 3.63) is 99.4 Å². The van der Waals surface area contributed by atoms with Crippen LogP contribution in [0.25, 0.3) is 11.0 Å². The van der Waals surface area contributed by atoms with Crippen LogP contribution in [-0.2, 0) is 6.61 Å². The molecule has 0 spiro atoms. The third-order valence-electron chi connectivity index (χ3n) is 4.78. The molecule has 0 radical (unpaired) electrons. The van der Waals surface area contributed by atoms with E-state index < -0.39 is 0 Å².